The van der Waals surface area contributed by atoms with E-state index in [2.05, 4.69) is 27.7 Å². The Labute approximate surface area is 276 Å². The highest BCUT2D eigenvalue weighted by Crippen LogP contribution is 2.72. The Morgan fingerprint density at radius 3 is 2.06 bits per heavy atom. The summed E-state index contributed by atoms with van der Waals surface area (Å²) >= 11 is 0. The third kappa shape index (κ3) is 6.84. The number of aliphatic hydroxyl groups is 2. The summed E-state index contributed by atoms with van der Waals surface area (Å²) < 4.78 is 86.0. The third-order valence-corrected chi connectivity index (χ3v) is 15.0. The van der Waals surface area contributed by atoms with Gasteiger partial charge in [-0.25, -0.2) is 13.3 Å². The summed E-state index contributed by atoms with van der Waals surface area (Å²) in [4.78, 5) is 30.9. The monoisotopic (exact) mass is 734 g/mol. The minimum Gasteiger partial charge on any atom is -0.390 e. The maximum absolute atomic E-state index is 13.2. The number of fused-ring (bicyclic) bond motifs is 7. The molecular weight excluding hydrogens is 682 g/mol. The molecule has 5 fully saturated rings. The van der Waals surface area contributed by atoms with Crippen LogP contribution in [0.4, 0.5) is 0 Å². The molecule has 0 bridgehead atoms. The molecule has 18 heteroatoms. The number of hydrogen-bond acceptors (Lipinski definition) is 11. The maximum atomic E-state index is 13.2. The van der Waals surface area contributed by atoms with Crippen LogP contribution in [-0.2, 0) is 42.0 Å². The van der Waals surface area contributed by atoms with Crippen molar-refractivity contribution in [2.24, 2.45) is 58.2 Å². The van der Waals surface area contributed by atoms with Gasteiger partial charge in [0.05, 0.1) is 36.6 Å². The first-order valence-electron chi connectivity index (χ1n) is 16.4. The van der Waals surface area contributed by atoms with Crippen LogP contribution in [0.25, 0.3) is 0 Å². The van der Waals surface area contributed by atoms with Crippen LogP contribution in [0.1, 0.15) is 73.6 Å². The summed E-state index contributed by atoms with van der Waals surface area (Å²) in [7, 11) is -13.8. The Hall–Kier alpha value is -0.0300. The van der Waals surface area contributed by atoms with Gasteiger partial charge in [-0.3, -0.25) is 18.1 Å². The van der Waals surface area contributed by atoms with Gasteiger partial charge in [-0.1, -0.05) is 41.5 Å². The summed E-state index contributed by atoms with van der Waals surface area (Å²) in [6, 6.07) is 0. The van der Waals surface area contributed by atoms with Crippen molar-refractivity contribution in [3.63, 3.8) is 0 Å². The molecule has 15 nitrogen and oxygen atoms in total. The molecule has 4 saturated carbocycles. The number of phosphoric ester groups is 2. The van der Waals surface area contributed by atoms with Crippen molar-refractivity contribution in [1.29, 1.82) is 0 Å². The van der Waals surface area contributed by atoms with Crippen LogP contribution >= 0.6 is 15.6 Å². The Kier molecular flexibility index (Phi) is 10.5. The van der Waals surface area contributed by atoms with E-state index in [9.17, 15) is 47.0 Å². The zero-order valence-corrected chi connectivity index (χ0v) is 30.5. The van der Waals surface area contributed by atoms with Gasteiger partial charge in [-0.15, -0.1) is 0 Å². The standard InChI is InChI=1S/C29H52O15P2S/c1-13(2)15(4)18-12-14(3)20-26(41-18)27(43-46(35,36)40-7)21-19-16(8-10-29(20,21)6)28(5)11-9-17(44-47(37,38)39)23(30)22(28)24(31)25(19)42-45(32,33)34/h13-27,30-31H,8-12H2,1-7H3,(H,35,36)(H2,32,33,34)(H,37,38,39)/t14-,15+,16+,17-,18-,19-,20+,21-,22-,23+,24+,25-,26+,27+,28-,29-/m1/s1. The summed E-state index contributed by atoms with van der Waals surface area (Å²) in [5.74, 6) is -2.88. The number of phosphoric acid groups is 2. The van der Waals surface area contributed by atoms with Gasteiger partial charge in [0, 0.05) is 13.0 Å². The molecule has 47 heavy (non-hydrogen) atoms. The highest BCUT2D eigenvalue weighted by molar-refractivity contribution is 7.80. The van der Waals surface area contributed by atoms with E-state index in [0.29, 0.717) is 12.8 Å². The van der Waals surface area contributed by atoms with E-state index in [1.54, 1.807) is 0 Å². The van der Waals surface area contributed by atoms with Crippen LogP contribution < -0.4 is 0 Å². The Balaban J connectivity index is 1.65. The highest BCUT2D eigenvalue weighted by Gasteiger charge is 2.73. The van der Waals surface area contributed by atoms with Crippen molar-refractivity contribution in [2.75, 3.05) is 7.11 Å². The molecule has 1 aliphatic heterocycles. The maximum Gasteiger partial charge on any atom is 0.472 e. The van der Waals surface area contributed by atoms with Crippen molar-refractivity contribution < 1.29 is 69.5 Å². The topological polar surface area (TPSA) is 236 Å². The van der Waals surface area contributed by atoms with Crippen LogP contribution in [-0.4, -0.2) is 87.7 Å². The predicted molar refractivity (Wildman–Crippen MR) is 166 cm³/mol. The van der Waals surface area contributed by atoms with Gasteiger partial charge in [0.25, 0.3) is 0 Å². The molecule has 1 heterocycles. The van der Waals surface area contributed by atoms with Gasteiger partial charge in [-0.2, -0.15) is 8.42 Å². The molecular formula is C29H52O15P2S. The minimum atomic E-state index is -5.29. The summed E-state index contributed by atoms with van der Waals surface area (Å²) in [6.07, 6.45) is -6.33. The SMILES string of the molecule is COP(=O)(O)O[C@@H]1[C@H]2O[C@@H]([C@@H](C)C(C)C)C[C@@H](C)[C@@H]2[C@@]2(C)CC[C@H]3[C@@H]([C@@H](OP(=O)(O)O)[C@@H](O)[C@H]4[C@@H](O)[C@H](OS(=O)(=O)O)CC[C@@]43C)[C@H]12. The second-order valence-corrected chi connectivity index (χ2v) is 19.4. The minimum absolute atomic E-state index is 0.00542. The zero-order chi connectivity index (χ0) is 35.2. The summed E-state index contributed by atoms with van der Waals surface area (Å²) in [5.41, 5.74) is -1.58. The second kappa shape index (κ2) is 12.9. The first kappa shape index (κ1) is 38.2. The van der Waals surface area contributed by atoms with E-state index < -0.39 is 97.2 Å². The molecule has 17 atom stereocenters. The van der Waals surface area contributed by atoms with E-state index in [0.717, 1.165) is 13.5 Å². The first-order chi connectivity index (χ1) is 21.5. The molecule has 0 amide bonds. The lowest BCUT2D eigenvalue weighted by atomic mass is 9.42. The van der Waals surface area contributed by atoms with Gasteiger partial charge < -0.3 is 29.6 Å². The first-order valence-corrected chi connectivity index (χ1v) is 20.8. The normalized spacial score (nSPS) is 48.9. The lowest BCUT2D eigenvalue weighted by Gasteiger charge is -2.65. The third-order valence-electron chi connectivity index (χ3n) is 13.0. The summed E-state index contributed by atoms with van der Waals surface area (Å²) in [6.45, 7) is 12.3. The lowest BCUT2D eigenvalue weighted by Crippen LogP contribution is -2.69. The fourth-order valence-electron chi connectivity index (χ4n) is 10.9. The number of rotatable bonds is 9. The smallest absolute Gasteiger partial charge is 0.390 e. The fourth-order valence-corrected chi connectivity index (χ4v) is 12.7. The van der Waals surface area contributed by atoms with Crippen LogP contribution in [0.5, 0.6) is 0 Å². The molecule has 274 valence electrons. The molecule has 4 aliphatic carbocycles. The van der Waals surface area contributed by atoms with Crippen LogP contribution in [0.15, 0.2) is 0 Å². The van der Waals surface area contributed by atoms with Gasteiger partial charge in [0.1, 0.15) is 6.10 Å². The molecule has 1 saturated heterocycles. The Bertz CT molecular complexity index is 1370. The molecule has 0 radical (unpaired) electrons. The largest absolute Gasteiger partial charge is 0.472 e. The van der Waals surface area contributed by atoms with Gasteiger partial charge >= 0.3 is 26.0 Å². The highest BCUT2D eigenvalue weighted by atomic mass is 32.3. The van der Waals surface area contributed by atoms with Gasteiger partial charge in [-0.05, 0) is 84.4 Å². The van der Waals surface area contributed by atoms with Crippen LogP contribution in [0, 0.1) is 58.2 Å². The van der Waals surface area contributed by atoms with E-state index >= 15 is 0 Å². The fraction of sp³-hybridized carbons (Fsp3) is 1.00. The molecule has 5 aliphatic rings. The molecule has 6 N–H and O–H groups in total. The molecule has 1 unspecified atom stereocenters. The Morgan fingerprint density at radius 2 is 1.51 bits per heavy atom. The van der Waals surface area contributed by atoms with Crippen molar-refractivity contribution in [3.8, 4) is 0 Å². The number of hydrogen-bond donors (Lipinski definition) is 6. The van der Waals surface area contributed by atoms with E-state index in [1.165, 1.54) is 0 Å². The van der Waals surface area contributed by atoms with E-state index in [1.807, 2.05) is 13.8 Å². The van der Waals surface area contributed by atoms with Crippen molar-refractivity contribution >= 4 is 26.0 Å². The van der Waals surface area contributed by atoms with E-state index in [4.69, 9.17) is 22.5 Å². The molecule has 5 rings (SSSR count). The zero-order valence-electron chi connectivity index (χ0n) is 27.9. The Morgan fingerprint density at radius 1 is 0.894 bits per heavy atom. The van der Waals surface area contributed by atoms with E-state index in [-0.39, 0.29) is 42.6 Å². The average molecular weight is 735 g/mol. The number of ether oxygens (including phenoxy) is 1. The molecule has 0 aromatic carbocycles. The van der Waals surface area contributed by atoms with Crippen molar-refractivity contribution in [1.82, 2.24) is 0 Å². The lowest BCUT2D eigenvalue weighted by molar-refractivity contribution is -0.250. The summed E-state index contributed by atoms with van der Waals surface area (Å²) in [5, 5.41) is 23.4. The van der Waals surface area contributed by atoms with Crippen LogP contribution in [0.2, 0.25) is 0 Å². The molecule has 0 spiro atoms. The predicted octanol–water partition coefficient (Wildman–Crippen LogP) is 3.30. The van der Waals surface area contributed by atoms with Crippen molar-refractivity contribution in [3.05, 3.63) is 0 Å². The second-order valence-electron chi connectivity index (χ2n) is 15.6. The van der Waals surface area contributed by atoms with Gasteiger partial charge in [0.2, 0.25) is 0 Å². The van der Waals surface area contributed by atoms with Crippen molar-refractivity contribution in [2.45, 2.75) is 116 Å². The van der Waals surface area contributed by atoms with Gasteiger partial charge in [0.15, 0.2) is 0 Å². The average Bonchev–Trinajstić information content (AvgIpc) is 3.18. The molecule has 0 aromatic rings. The quantitative estimate of drug-likeness (QED) is 0.147. The van der Waals surface area contributed by atoms with Crippen LogP contribution in [0.3, 0.4) is 0 Å². The molecule has 0 aromatic heterocycles. The number of aliphatic hydroxyl groups excluding tert-OH is 2.